The Kier molecular flexibility index (Phi) is 9.60. The molecular weight excluding hydrogens is 428 g/mol. The number of esters is 1. The van der Waals surface area contributed by atoms with Crippen LogP contribution in [0.25, 0.3) is 0 Å². The summed E-state index contributed by atoms with van der Waals surface area (Å²) in [6, 6.07) is 9.53. The van der Waals surface area contributed by atoms with Crippen LogP contribution in [0.5, 0.6) is 0 Å². The van der Waals surface area contributed by atoms with Crippen molar-refractivity contribution in [2.45, 2.75) is 37.3 Å². The summed E-state index contributed by atoms with van der Waals surface area (Å²) >= 11 is 1.49. The summed E-state index contributed by atoms with van der Waals surface area (Å²) in [5.74, 6) is -1.54. The molecule has 1 aliphatic heterocycles. The monoisotopic (exact) mass is 458 g/mol. The van der Waals surface area contributed by atoms with E-state index in [4.69, 9.17) is 4.74 Å². The highest BCUT2D eigenvalue weighted by Crippen LogP contribution is 2.37. The van der Waals surface area contributed by atoms with Gasteiger partial charge in [0.1, 0.15) is 12.5 Å². The highest BCUT2D eigenvalue weighted by atomic mass is 32.2. The smallest absolute Gasteiger partial charge is 0.323 e. The number of anilines is 2. The summed E-state index contributed by atoms with van der Waals surface area (Å²) in [4.78, 5) is 39.8. The van der Waals surface area contributed by atoms with E-state index in [9.17, 15) is 19.6 Å². The average Bonchev–Trinajstić information content (AvgIpc) is 3.09. The highest BCUT2D eigenvalue weighted by Gasteiger charge is 2.41. The number of nitriles is 1. The van der Waals surface area contributed by atoms with Crippen molar-refractivity contribution in [3.8, 4) is 6.07 Å². The number of thioether (sulfide) groups is 1. The number of hydrogen-bond donors (Lipinski definition) is 1. The molecule has 32 heavy (non-hydrogen) atoms. The first kappa shape index (κ1) is 25.3. The van der Waals surface area contributed by atoms with Crippen LogP contribution in [-0.4, -0.2) is 60.1 Å². The van der Waals surface area contributed by atoms with E-state index in [1.54, 1.807) is 16.8 Å². The minimum Gasteiger partial charge on any atom is -0.460 e. The predicted molar refractivity (Wildman–Crippen MR) is 126 cm³/mol. The maximum absolute atomic E-state index is 12.8. The zero-order valence-corrected chi connectivity index (χ0v) is 19.6. The molecular formula is C23H30N4O4S. The summed E-state index contributed by atoms with van der Waals surface area (Å²) in [7, 11) is 1.72. The van der Waals surface area contributed by atoms with Gasteiger partial charge in [-0.25, -0.2) is 0 Å². The molecule has 3 atom stereocenters. The number of carbonyl (C=O) groups is 3. The Labute approximate surface area is 193 Å². The van der Waals surface area contributed by atoms with Crippen molar-refractivity contribution in [2.75, 3.05) is 37.0 Å². The van der Waals surface area contributed by atoms with Gasteiger partial charge in [0.15, 0.2) is 0 Å². The largest absolute Gasteiger partial charge is 0.460 e. The first-order valence-corrected chi connectivity index (χ1v) is 11.5. The van der Waals surface area contributed by atoms with E-state index in [1.165, 1.54) is 24.8 Å². The normalized spacial score (nSPS) is 18.6. The minimum absolute atomic E-state index is 0.0190. The number of carbonyl (C=O) groups excluding carboxylic acids is 3. The second kappa shape index (κ2) is 12.2. The molecule has 1 aliphatic rings. The van der Waals surface area contributed by atoms with Crippen molar-refractivity contribution in [2.24, 2.45) is 5.92 Å². The fourth-order valence-electron chi connectivity index (χ4n) is 3.38. The minimum atomic E-state index is -0.924. The molecule has 9 heteroatoms. The lowest BCUT2D eigenvalue weighted by Gasteiger charge is -2.23. The van der Waals surface area contributed by atoms with Crippen LogP contribution in [0.1, 0.15) is 26.7 Å². The molecule has 0 spiro atoms. The molecule has 1 fully saturated rings. The molecule has 1 N–H and O–H groups in total. The number of nitrogens with one attached hydrogen (secondary N) is 1. The number of rotatable bonds is 11. The van der Waals surface area contributed by atoms with Crippen molar-refractivity contribution < 1.29 is 19.1 Å². The zero-order valence-electron chi connectivity index (χ0n) is 18.7. The lowest BCUT2D eigenvalue weighted by molar-refractivity contribution is -0.146. The molecule has 0 aromatic heterocycles. The van der Waals surface area contributed by atoms with Gasteiger partial charge in [-0.2, -0.15) is 5.26 Å². The second-order valence-corrected chi connectivity index (χ2v) is 8.77. The fraction of sp³-hybridized carbons (Fsp3) is 0.478. The van der Waals surface area contributed by atoms with Crippen LogP contribution in [0.4, 0.5) is 11.4 Å². The van der Waals surface area contributed by atoms with E-state index >= 15 is 0 Å². The van der Waals surface area contributed by atoms with Crippen LogP contribution in [-0.2, 0) is 19.1 Å². The predicted octanol–water partition coefficient (Wildman–Crippen LogP) is 3.02. The van der Waals surface area contributed by atoms with Gasteiger partial charge in [0, 0.05) is 44.9 Å². The second-order valence-electron chi connectivity index (χ2n) is 7.38. The maximum Gasteiger partial charge on any atom is 0.323 e. The standard InChI is InChI=1S/C23H30N4O4S/c1-5-12-31-23(30)17(15-24)13-21-27(6-2)22(29)20(32-21)10-11-25-18-8-7-9-19(14-18)26(4)16(3)28/h5,7-9,14,17,20-21,25H,1,6,10-13H2,2-4H3. The summed E-state index contributed by atoms with van der Waals surface area (Å²) in [5, 5.41) is 12.2. The lowest BCUT2D eigenvalue weighted by Crippen LogP contribution is -2.36. The van der Waals surface area contributed by atoms with Gasteiger partial charge in [-0.05, 0) is 31.5 Å². The molecule has 1 saturated heterocycles. The average molecular weight is 459 g/mol. The topological polar surface area (TPSA) is 103 Å². The van der Waals surface area contributed by atoms with Crippen LogP contribution in [0.3, 0.4) is 0 Å². The van der Waals surface area contributed by atoms with Crippen LogP contribution < -0.4 is 10.2 Å². The third-order valence-corrected chi connectivity index (χ3v) is 6.76. The number of hydrogen-bond acceptors (Lipinski definition) is 7. The molecule has 0 radical (unpaired) electrons. The molecule has 2 amide bonds. The Morgan fingerprint density at radius 1 is 1.47 bits per heavy atom. The van der Waals surface area contributed by atoms with Crippen LogP contribution in [0, 0.1) is 17.2 Å². The van der Waals surface area contributed by atoms with Gasteiger partial charge < -0.3 is 19.9 Å². The van der Waals surface area contributed by atoms with Gasteiger partial charge in [0.05, 0.1) is 16.7 Å². The van der Waals surface area contributed by atoms with Crippen LogP contribution in [0.15, 0.2) is 36.9 Å². The summed E-state index contributed by atoms with van der Waals surface area (Å²) in [5.41, 5.74) is 1.65. The van der Waals surface area contributed by atoms with E-state index in [0.29, 0.717) is 19.5 Å². The van der Waals surface area contributed by atoms with Gasteiger partial charge in [-0.3, -0.25) is 14.4 Å². The Morgan fingerprint density at radius 3 is 2.84 bits per heavy atom. The Balaban J connectivity index is 1.95. The van der Waals surface area contributed by atoms with Gasteiger partial charge in [-0.1, -0.05) is 18.7 Å². The Hall–Kier alpha value is -2.99. The third kappa shape index (κ3) is 6.50. The summed E-state index contributed by atoms with van der Waals surface area (Å²) < 4.78 is 5.01. The van der Waals surface area contributed by atoms with E-state index in [-0.39, 0.29) is 35.5 Å². The van der Waals surface area contributed by atoms with Crippen molar-refractivity contribution in [3.05, 3.63) is 36.9 Å². The van der Waals surface area contributed by atoms with Crippen molar-refractivity contribution in [1.29, 1.82) is 5.26 Å². The number of nitrogens with zero attached hydrogens (tertiary/aromatic N) is 3. The number of benzene rings is 1. The van der Waals surface area contributed by atoms with E-state index in [0.717, 1.165) is 11.4 Å². The van der Waals surface area contributed by atoms with Crippen LogP contribution in [0.2, 0.25) is 0 Å². The van der Waals surface area contributed by atoms with E-state index < -0.39 is 11.9 Å². The number of ether oxygens (including phenoxy) is 1. The first-order valence-electron chi connectivity index (χ1n) is 10.5. The van der Waals surface area contributed by atoms with Gasteiger partial charge in [-0.15, -0.1) is 11.8 Å². The van der Waals surface area contributed by atoms with E-state index in [1.807, 2.05) is 37.3 Å². The van der Waals surface area contributed by atoms with Gasteiger partial charge in [0.25, 0.3) is 0 Å². The number of amides is 2. The van der Waals surface area contributed by atoms with Crippen LogP contribution >= 0.6 is 11.8 Å². The highest BCUT2D eigenvalue weighted by molar-refractivity contribution is 8.01. The third-order valence-electron chi connectivity index (χ3n) is 5.23. The Morgan fingerprint density at radius 2 is 2.22 bits per heavy atom. The van der Waals surface area contributed by atoms with Gasteiger partial charge >= 0.3 is 5.97 Å². The van der Waals surface area contributed by atoms with Crippen molar-refractivity contribution in [1.82, 2.24) is 4.90 Å². The molecule has 0 saturated carbocycles. The quantitative estimate of drug-likeness (QED) is 0.402. The summed E-state index contributed by atoms with van der Waals surface area (Å²) in [6.45, 7) is 8.04. The summed E-state index contributed by atoms with van der Waals surface area (Å²) in [6.07, 6.45) is 2.29. The molecule has 172 valence electrons. The van der Waals surface area contributed by atoms with Crippen molar-refractivity contribution >= 4 is 40.9 Å². The Bertz CT molecular complexity index is 885. The molecule has 2 rings (SSSR count). The molecule has 1 aromatic carbocycles. The fourth-order valence-corrected chi connectivity index (χ4v) is 4.97. The first-order chi connectivity index (χ1) is 15.3. The van der Waals surface area contributed by atoms with Crippen molar-refractivity contribution in [3.63, 3.8) is 0 Å². The zero-order chi connectivity index (χ0) is 23.7. The SMILES string of the molecule is C=CCOC(=O)C(C#N)CC1SC(CCNc2cccc(N(C)C(C)=O)c2)C(=O)N1CC. The molecule has 0 aliphatic carbocycles. The molecule has 3 unspecified atom stereocenters. The lowest BCUT2D eigenvalue weighted by atomic mass is 10.1. The molecule has 1 aromatic rings. The molecule has 1 heterocycles. The van der Waals surface area contributed by atoms with E-state index in [2.05, 4.69) is 11.9 Å². The van der Waals surface area contributed by atoms with Gasteiger partial charge in [0.2, 0.25) is 11.8 Å². The molecule has 0 bridgehead atoms. The maximum atomic E-state index is 12.8. The molecule has 8 nitrogen and oxygen atoms in total.